The van der Waals surface area contributed by atoms with E-state index >= 15 is 0 Å². The highest BCUT2D eigenvalue weighted by molar-refractivity contribution is 5.95. The molecule has 2 N–H and O–H groups in total. The monoisotopic (exact) mass is 362 g/mol. The number of aromatic amines is 1. The van der Waals surface area contributed by atoms with E-state index in [0.717, 1.165) is 27.6 Å². The van der Waals surface area contributed by atoms with E-state index in [9.17, 15) is 9.59 Å². The van der Waals surface area contributed by atoms with Crippen molar-refractivity contribution in [3.63, 3.8) is 0 Å². The van der Waals surface area contributed by atoms with Gasteiger partial charge >= 0.3 is 5.97 Å². The smallest absolute Gasteiger partial charge is 0.328 e. The summed E-state index contributed by atoms with van der Waals surface area (Å²) in [5.74, 6) is -0.816. The van der Waals surface area contributed by atoms with Gasteiger partial charge in [-0.1, -0.05) is 48.0 Å². The number of aromatic nitrogens is 1. The number of H-pyrrole nitrogens is 1. The van der Waals surface area contributed by atoms with Gasteiger partial charge in [0.25, 0.3) is 0 Å². The topological polar surface area (TPSA) is 71.2 Å². The van der Waals surface area contributed by atoms with Gasteiger partial charge in [-0.3, -0.25) is 4.79 Å². The second kappa shape index (κ2) is 8.36. The fourth-order valence-corrected chi connectivity index (χ4v) is 2.93. The SMILES string of the molecule is COC(=O)C(Cc1c[nH]c2ccccc12)NC(=O)C=Cc1ccc(C)cc1. The van der Waals surface area contributed by atoms with Crippen LogP contribution >= 0.6 is 0 Å². The predicted molar refractivity (Wildman–Crippen MR) is 106 cm³/mol. The molecule has 1 atom stereocenters. The molecule has 138 valence electrons. The molecule has 0 aliphatic heterocycles. The Morgan fingerprint density at radius 2 is 1.89 bits per heavy atom. The molecule has 0 spiro atoms. The Morgan fingerprint density at radius 3 is 2.63 bits per heavy atom. The standard InChI is InChI=1S/C22H22N2O3/c1-15-7-9-16(10-8-15)11-12-21(25)24-20(22(26)27-2)13-17-14-23-19-6-4-3-5-18(17)19/h3-12,14,20,23H,13H2,1-2H3,(H,24,25). The summed E-state index contributed by atoms with van der Waals surface area (Å²) >= 11 is 0. The molecule has 2 aromatic carbocycles. The fourth-order valence-electron chi connectivity index (χ4n) is 2.93. The van der Waals surface area contributed by atoms with Crippen LogP contribution in [0.3, 0.4) is 0 Å². The van der Waals surface area contributed by atoms with Crippen molar-refractivity contribution in [1.82, 2.24) is 10.3 Å². The third-order valence-electron chi connectivity index (χ3n) is 4.41. The highest BCUT2D eigenvalue weighted by atomic mass is 16.5. The maximum Gasteiger partial charge on any atom is 0.328 e. The summed E-state index contributed by atoms with van der Waals surface area (Å²) in [5.41, 5.74) is 4.01. The van der Waals surface area contributed by atoms with Crippen LogP contribution in [0.2, 0.25) is 0 Å². The van der Waals surface area contributed by atoms with Crippen molar-refractivity contribution < 1.29 is 14.3 Å². The first-order chi connectivity index (χ1) is 13.1. The Morgan fingerprint density at radius 1 is 1.15 bits per heavy atom. The molecule has 1 amide bonds. The summed E-state index contributed by atoms with van der Waals surface area (Å²) in [6, 6.07) is 14.9. The number of rotatable bonds is 6. The summed E-state index contributed by atoms with van der Waals surface area (Å²) in [4.78, 5) is 27.6. The zero-order valence-electron chi connectivity index (χ0n) is 15.4. The van der Waals surface area contributed by atoms with Crippen molar-refractivity contribution in [3.05, 3.63) is 77.5 Å². The van der Waals surface area contributed by atoms with Crippen molar-refractivity contribution in [2.75, 3.05) is 7.11 Å². The molecule has 0 aliphatic carbocycles. The van der Waals surface area contributed by atoms with E-state index < -0.39 is 12.0 Å². The van der Waals surface area contributed by atoms with Crippen LogP contribution in [0.25, 0.3) is 17.0 Å². The number of nitrogens with one attached hydrogen (secondary N) is 2. The molecule has 1 unspecified atom stereocenters. The van der Waals surface area contributed by atoms with E-state index in [1.54, 1.807) is 6.08 Å². The Bertz CT molecular complexity index is 971. The lowest BCUT2D eigenvalue weighted by Gasteiger charge is -2.15. The van der Waals surface area contributed by atoms with Crippen molar-refractivity contribution >= 4 is 28.9 Å². The molecule has 0 saturated heterocycles. The van der Waals surface area contributed by atoms with Gasteiger partial charge in [-0.15, -0.1) is 0 Å². The van der Waals surface area contributed by atoms with Crippen LogP contribution in [0, 0.1) is 6.92 Å². The largest absolute Gasteiger partial charge is 0.467 e. The number of methoxy groups -OCH3 is 1. The minimum Gasteiger partial charge on any atom is -0.467 e. The number of hydrogen-bond acceptors (Lipinski definition) is 3. The zero-order valence-corrected chi connectivity index (χ0v) is 15.4. The molecular formula is C22H22N2O3. The van der Waals surface area contributed by atoms with Crippen LogP contribution in [0.5, 0.6) is 0 Å². The number of ether oxygens (including phenoxy) is 1. The molecule has 1 aromatic heterocycles. The average molecular weight is 362 g/mol. The third kappa shape index (κ3) is 4.64. The van der Waals surface area contributed by atoms with Crippen molar-refractivity contribution in [2.24, 2.45) is 0 Å². The van der Waals surface area contributed by atoms with Gasteiger partial charge in [0.05, 0.1) is 7.11 Å². The first kappa shape index (κ1) is 18.5. The third-order valence-corrected chi connectivity index (χ3v) is 4.41. The molecule has 5 heteroatoms. The number of para-hydroxylation sites is 1. The number of esters is 1. The number of fused-ring (bicyclic) bond motifs is 1. The van der Waals surface area contributed by atoms with Crippen molar-refractivity contribution in [2.45, 2.75) is 19.4 Å². The normalized spacial score (nSPS) is 12.2. The molecule has 0 saturated carbocycles. The van der Waals surface area contributed by atoms with E-state index in [1.807, 2.05) is 61.7 Å². The van der Waals surface area contributed by atoms with E-state index in [4.69, 9.17) is 4.74 Å². The Labute approximate surface area is 158 Å². The molecule has 0 bridgehead atoms. The molecule has 0 aliphatic rings. The molecule has 0 radical (unpaired) electrons. The van der Waals surface area contributed by atoms with Gasteiger partial charge in [-0.2, -0.15) is 0 Å². The number of benzene rings is 2. The average Bonchev–Trinajstić information content (AvgIpc) is 3.09. The summed E-state index contributed by atoms with van der Waals surface area (Å²) in [6.45, 7) is 2.01. The van der Waals surface area contributed by atoms with E-state index in [0.29, 0.717) is 6.42 Å². The second-order valence-electron chi connectivity index (χ2n) is 6.39. The molecule has 3 rings (SSSR count). The minimum absolute atomic E-state index is 0.342. The molecule has 1 heterocycles. The van der Waals surface area contributed by atoms with Crippen LogP contribution < -0.4 is 5.32 Å². The van der Waals surface area contributed by atoms with Gasteiger partial charge in [0, 0.05) is 29.6 Å². The highest BCUT2D eigenvalue weighted by Gasteiger charge is 2.22. The van der Waals surface area contributed by atoms with Gasteiger partial charge in [0.1, 0.15) is 6.04 Å². The maximum atomic E-state index is 12.3. The maximum absolute atomic E-state index is 12.3. The van der Waals surface area contributed by atoms with E-state index in [2.05, 4.69) is 10.3 Å². The number of amides is 1. The summed E-state index contributed by atoms with van der Waals surface area (Å²) in [6.07, 6.45) is 5.35. The fraction of sp³-hybridized carbons (Fsp3) is 0.182. The van der Waals surface area contributed by atoms with E-state index in [-0.39, 0.29) is 5.91 Å². The van der Waals surface area contributed by atoms with Crippen LogP contribution in [0.4, 0.5) is 0 Å². The second-order valence-corrected chi connectivity index (χ2v) is 6.39. The first-order valence-corrected chi connectivity index (χ1v) is 8.75. The molecule has 0 fully saturated rings. The van der Waals surface area contributed by atoms with Gasteiger partial charge in [0.15, 0.2) is 0 Å². The number of hydrogen-bond donors (Lipinski definition) is 2. The Balaban J connectivity index is 1.72. The van der Waals surface area contributed by atoms with Gasteiger partial charge in [-0.25, -0.2) is 4.79 Å². The van der Waals surface area contributed by atoms with Crippen LogP contribution in [0.1, 0.15) is 16.7 Å². The van der Waals surface area contributed by atoms with E-state index in [1.165, 1.54) is 13.2 Å². The van der Waals surface area contributed by atoms with Crippen LogP contribution in [-0.4, -0.2) is 30.0 Å². The lowest BCUT2D eigenvalue weighted by molar-refractivity contribution is -0.144. The minimum atomic E-state index is -0.760. The van der Waals surface area contributed by atoms with Gasteiger partial charge in [-0.05, 0) is 30.2 Å². The predicted octanol–water partition coefficient (Wildman–Crippen LogP) is 3.39. The summed E-state index contributed by atoms with van der Waals surface area (Å²) in [7, 11) is 1.32. The molecule has 5 nitrogen and oxygen atoms in total. The zero-order chi connectivity index (χ0) is 19.2. The van der Waals surface area contributed by atoms with Crippen LogP contribution in [0.15, 0.2) is 60.8 Å². The Hall–Kier alpha value is -3.34. The number of aryl methyl sites for hydroxylation is 1. The lowest BCUT2D eigenvalue weighted by Crippen LogP contribution is -2.42. The number of carbonyl (C=O) groups is 2. The quantitative estimate of drug-likeness (QED) is 0.522. The highest BCUT2D eigenvalue weighted by Crippen LogP contribution is 2.19. The molecule has 3 aromatic rings. The molecule has 27 heavy (non-hydrogen) atoms. The summed E-state index contributed by atoms with van der Waals surface area (Å²) < 4.78 is 4.86. The summed E-state index contributed by atoms with van der Waals surface area (Å²) in [5, 5.41) is 3.76. The lowest BCUT2D eigenvalue weighted by atomic mass is 10.0. The Kier molecular flexibility index (Phi) is 5.71. The van der Waals surface area contributed by atoms with Crippen LogP contribution in [-0.2, 0) is 20.7 Å². The molecular weight excluding hydrogens is 340 g/mol. The first-order valence-electron chi connectivity index (χ1n) is 8.75. The van der Waals surface area contributed by atoms with Crippen molar-refractivity contribution in [1.29, 1.82) is 0 Å². The van der Waals surface area contributed by atoms with Crippen molar-refractivity contribution in [3.8, 4) is 0 Å². The number of carbonyl (C=O) groups excluding carboxylic acids is 2. The van der Waals surface area contributed by atoms with Gasteiger partial charge < -0.3 is 15.0 Å². The van der Waals surface area contributed by atoms with Gasteiger partial charge in [0.2, 0.25) is 5.91 Å².